The first kappa shape index (κ1) is 10.2. The minimum atomic E-state index is 0.584. The van der Waals surface area contributed by atoms with Crippen LogP contribution in [0, 0.1) is 6.92 Å². The Morgan fingerprint density at radius 2 is 2.07 bits per heavy atom. The van der Waals surface area contributed by atoms with Gasteiger partial charge in [0, 0.05) is 17.6 Å². The van der Waals surface area contributed by atoms with Crippen molar-refractivity contribution < 1.29 is 0 Å². The topological polar surface area (TPSA) is 17.8 Å². The van der Waals surface area contributed by atoms with Crippen molar-refractivity contribution in [2.45, 2.75) is 13.5 Å². The summed E-state index contributed by atoms with van der Waals surface area (Å²) in [5.41, 5.74) is 3.61. The molecule has 78 valence electrons. The number of nitrogens with zero attached hydrogens (tertiary/aromatic N) is 2. The maximum atomic E-state index is 5.73. The molecule has 15 heavy (non-hydrogen) atoms. The molecule has 0 amide bonds. The van der Waals surface area contributed by atoms with E-state index in [4.69, 9.17) is 11.6 Å². The van der Waals surface area contributed by atoms with Gasteiger partial charge in [0.1, 0.15) is 0 Å². The van der Waals surface area contributed by atoms with E-state index in [0.717, 1.165) is 12.2 Å². The van der Waals surface area contributed by atoms with Gasteiger partial charge in [0.05, 0.1) is 12.2 Å². The van der Waals surface area contributed by atoms with Crippen molar-refractivity contribution in [2.24, 2.45) is 0 Å². The summed E-state index contributed by atoms with van der Waals surface area (Å²) in [6, 6.07) is 10.3. The van der Waals surface area contributed by atoms with Crippen LogP contribution in [0.25, 0.3) is 11.3 Å². The second-order valence-electron chi connectivity index (χ2n) is 3.44. The van der Waals surface area contributed by atoms with E-state index in [1.807, 2.05) is 29.1 Å². The fraction of sp³-hybridized carbons (Fsp3) is 0.250. The maximum absolute atomic E-state index is 5.73. The van der Waals surface area contributed by atoms with Gasteiger partial charge in [0.15, 0.2) is 0 Å². The molecule has 2 aromatic rings. The molecule has 0 aliphatic carbocycles. The fourth-order valence-electron chi connectivity index (χ4n) is 1.68. The molecule has 2 nitrogen and oxygen atoms in total. The molecular formula is C12H13ClN2. The van der Waals surface area contributed by atoms with Gasteiger partial charge in [-0.05, 0) is 18.6 Å². The molecule has 0 radical (unpaired) electrons. The van der Waals surface area contributed by atoms with Crippen LogP contribution in [-0.2, 0) is 6.54 Å². The SMILES string of the molecule is Cc1ccccc1-c1ccnn1CCCl. The number of aromatic nitrogens is 2. The highest BCUT2D eigenvalue weighted by Crippen LogP contribution is 2.22. The monoisotopic (exact) mass is 220 g/mol. The molecule has 1 aromatic heterocycles. The van der Waals surface area contributed by atoms with Crippen molar-refractivity contribution >= 4 is 11.6 Å². The molecule has 0 fully saturated rings. The predicted octanol–water partition coefficient (Wildman–Crippen LogP) is 3.10. The van der Waals surface area contributed by atoms with E-state index in [-0.39, 0.29) is 0 Å². The minimum Gasteiger partial charge on any atom is -0.264 e. The lowest BCUT2D eigenvalue weighted by Crippen LogP contribution is -2.03. The van der Waals surface area contributed by atoms with E-state index in [9.17, 15) is 0 Å². The Balaban J connectivity index is 2.45. The average molecular weight is 221 g/mol. The molecule has 3 heteroatoms. The highest BCUT2D eigenvalue weighted by atomic mass is 35.5. The number of benzene rings is 1. The van der Waals surface area contributed by atoms with Crippen molar-refractivity contribution in [1.82, 2.24) is 9.78 Å². The van der Waals surface area contributed by atoms with Crippen LogP contribution in [0.2, 0.25) is 0 Å². The summed E-state index contributed by atoms with van der Waals surface area (Å²) in [6.45, 7) is 2.85. The van der Waals surface area contributed by atoms with Gasteiger partial charge >= 0.3 is 0 Å². The fourth-order valence-corrected chi connectivity index (χ4v) is 1.84. The van der Waals surface area contributed by atoms with Crippen LogP contribution in [0.3, 0.4) is 0 Å². The van der Waals surface area contributed by atoms with Gasteiger partial charge in [0.2, 0.25) is 0 Å². The standard InChI is InChI=1S/C12H13ClN2/c1-10-4-2-3-5-11(10)12-6-8-14-15(12)9-7-13/h2-6,8H,7,9H2,1H3. The number of halogens is 1. The quantitative estimate of drug-likeness (QED) is 0.727. The molecule has 0 saturated carbocycles. The zero-order valence-electron chi connectivity index (χ0n) is 8.65. The second kappa shape index (κ2) is 4.49. The molecule has 1 aromatic carbocycles. The molecule has 0 atom stereocenters. The normalized spacial score (nSPS) is 10.5. The summed E-state index contributed by atoms with van der Waals surface area (Å²) in [5.74, 6) is 0.584. The van der Waals surface area contributed by atoms with E-state index in [2.05, 4.69) is 24.2 Å². The summed E-state index contributed by atoms with van der Waals surface area (Å²) in [6.07, 6.45) is 1.81. The highest BCUT2D eigenvalue weighted by molar-refractivity contribution is 6.17. The first-order chi connectivity index (χ1) is 7.33. The molecule has 0 N–H and O–H groups in total. The Bertz CT molecular complexity index is 448. The van der Waals surface area contributed by atoms with E-state index in [0.29, 0.717) is 5.88 Å². The Kier molecular flexibility index (Phi) is 3.07. The summed E-state index contributed by atoms with van der Waals surface area (Å²) < 4.78 is 1.94. The molecule has 0 saturated heterocycles. The van der Waals surface area contributed by atoms with Gasteiger partial charge < -0.3 is 0 Å². The third kappa shape index (κ3) is 2.05. The number of rotatable bonds is 3. The average Bonchev–Trinajstić information content (AvgIpc) is 2.67. The van der Waals surface area contributed by atoms with Crippen molar-refractivity contribution in [3.05, 3.63) is 42.1 Å². The predicted molar refractivity (Wildman–Crippen MR) is 63.1 cm³/mol. The van der Waals surface area contributed by atoms with Gasteiger partial charge in [-0.3, -0.25) is 4.68 Å². The largest absolute Gasteiger partial charge is 0.264 e. The van der Waals surface area contributed by atoms with E-state index >= 15 is 0 Å². The van der Waals surface area contributed by atoms with E-state index < -0.39 is 0 Å². The summed E-state index contributed by atoms with van der Waals surface area (Å²) in [7, 11) is 0. The van der Waals surface area contributed by atoms with Crippen molar-refractivity contribution in [3.63, 3.8) is 0 Å². The highest BCUT2D eigenvalue weighted by Gasteiger charge is 2.06. The third-order valence-corrected chi connectivity index (χ3v) is 2.60. The van der Waals surface area contributed by atoms with Crippen LogP contribution in [0.5, 0.6) is 0 Å². The lowest BCUT2D eigenvalue weighted by molar-refractivity contribution is 0.671. The first-order valence-corrected chi connectivity index (χ1v) is 5.50. The van der Waals surface area contributed by atoms with Crippen molar-refractivity contribution in [3.8, 4) is 11.3 Å². The van der Waals surface area contributed by atoms with Crippen LogP contribution < -0.4 is 0 Å². The number of hydrogen-bond donors (Lipinski definition) is 0. The molecular weight excluding hydrogens is 208 g/mol. The molecule has 0 bridgehead atoms. The van der Waals surface area contributed by atoms with E-state index in [1.165, 1.54) is 11.1 Å². The third-order valence-electron chi connectivity index (χ3n) is 2.43. The molecule has 0 unspecified atom stereocenters. The Hall–Kier alpha value is -1.28. The van der Waals surface area contributed by atoms with Crippen LogP contribution in [0.1, 0.15) is 5.56 Å². The lowest BCUT2D eigenvalue weighted by atomic mass is 10.1. The molecule has 2 rings (SSSR count). The van der Waals surface area contributed by atoms with Gasteiger partial charge in [-0.25, -0.2) is 0 Å². The van der Waals surface area contributed by atoms with Gasteiger partial charge in [-0.15, -0.1) is 11.6 Å². The van der Waals surface area contributed by atoms with Crippen LogP contribution in [0.15, 0.2) is 36.5 Å². The van der Waals surface area contributed by atoms with Crippen molar-refractivity contribution in [2.75, 3.05) is 5.88 Å². The molecule has 0 aliphatic rings. The van der Waals surface area contributed by atoms with Crippen molar-refractivity contribution in [1.29, 1.82) is 0 Å². The first-order valence-electron chi connectivity index (χ1n) is 4.96. The van der Waals surface area contributed by atoms with Gasteiger partial charge in [-0.2, -0.15) is 5.10 Å². The van der Waals surface area contributed by atoms with Crippen LogP contribution in [-0.4, -0.2) is 15.7 Å². The Morgan fingerprint density at radius 1 is 1.27 bits per heavy atom. The van der Waals surface area contributed by atoms with Crippen LogP contribution in [0.4, 0.5) is 0 Å². The summed E-state index contributed by atoms with van der Waals surface area (Å²) >= 11 is 5.73. The smallest absolute Gasteiger partial charge is 0.0685 e. The number of alkyl halides is 1. The molecule has 0 spiro atoms. The zero-order chi connectivity index (χ0) is 10.7. The molecule has 1 heterocycles. The van der Waals surface area contributed by atoms with E-state index in [1.54, 1.807) is 0 Å². The number of aryl methyl sites for hydroxylation is 2. The minimum absolute atomic E-state index is 0.584. The lowest BCUT2D eigenvalue weighted by Gasteiger charge is -2.08. The van der Waals surface area contributed by atoms with Crippen LogP contribution >= 0.6 is 11.6 Å². The maximum Gasteiger partial charge on any atom is 0.0685 e. The Morgan fingerprint density at radius 3 is 2.80 bits per heavy atom. The van der Waals surface area contributed by atoms with Gasteiger partial charge in [-0.1, -0.05) is 24.3 Å². The zero-order valence-corrected chi connectivity index (χ0v) is 9.41. The number of hydrogen-bond acceptors (Lipinski definition) is 1. The Labute approximate surface area is 94.5 Å². The molecule has 0 aliphatic heterocycles. The summed E-state index contributed by atoms with van der Waals surface area (Å²) in [5, 5.41) is 4.26. The van der Waals surface area contributed by atoms with Gasteiger partial charge in [0.25, 0.3) is 0 Å². The summed E-state index contributed by atoms with van der Waals surface area (Å²) in [4.78, 5) is 0. The second-order valence-corrected chi connectivity index (χ2v) is 3.82.